The number of pyridine rings is 1. The summed E-state index contributed by atoms with van der Waals surface area (Å²) in [6.45, 7) is 0. The lowest BCUT2D eigenvalue weighted by Crippen LogP contribution is -2.18. The normalized spacial score (nSPS) is 11.3. The van der Waals surface area contributed by atoms with E-state index < -0.39 is 28.9 Å². The van der Waals surface area contributed by atoms with Gasteiger partial charge in [-0.25, -0.2) is 9.67 Å². The summed E-state index contributed by atoms with van der Waals surface area (Å²) in [6, 6.07) is 4.78. The number of aromatic nitrogens is 3. The standard InChI is InChI=1S/C11H9F3N4OS/c12-11(13,14)20-7-9(19)17-8-3-1-4-15-10(8)18-6-2-5-16-18/h1-6H,7H2,(H,17,19). The maximum Gasteiger partial charge on any atom is 0.442 e. The molecule has 1 amide bonds. The van der Waals surface area contributed by atoms with Gasteiger partial charge in [-0.3, -0.25) is 4.79 Å². The summed E-state index contributed by atoms with van der Waals surface area (Å²) in [4.78, 5) is 15.5. The lowest BCUT2D eigenvalue weighted by molar-refractivity contribution is -0.114. The number of nitrogens with zero attached hydrogens (tertiary/aromatic N) is 3. The Morgan fingerprint density at radius 3 is 2.80 bits per heavy atom. The highest BCUT2D eigenvalue weighted by molar-refractivity contribution is 8.00. The fourth-order valence-corrected chi connectivity index (χ4v) is 1.77. The van der Waals surface area contributed by atoms with Crippen molar-refractivity contribution < 1.29 is 18.0 Å². The quantitative estimate of drug-likeness (QED) is 0.942. The predicted octanol–water partition coefficient (Wildman–Crippen LogP) is 2.46. The zero-order valence-corrected chi connectivity index (χ0v) is 10.8. The van der Waals surface area contributed by atoms with Crippen LogP contribution in [0.3, 0.4) is 0 Å². The molecule has 0 atom stereocenters. The third-order valence-electron chi connectivity index (χ3n) is 2.15. The van der Waals surface area contributed by atoms with Gasteiger partial charge in [0, 0.05) is 18.6 Å². The van der Waals surface area contributed by atoms with Gasteiger partial charge >= 0.3 is 5.51 Å². The molecule has 0 saturated carbocycles. The third kappa shape index (κ3) is 3.98. The summed E-state index contributed by atoms with van der Waals surface area (Å²) in [5, 5.41) is 6.35. The Balaban J connectivity index is 2.08. The summed E-state index contributed by atoms with van der Waals surface area (Å²) in [7, 11) is 0. The van der Waals surface area contributed by atoms with Gasteiger partial charge in [-0.05, 0) is 30.0 Å². The lowest BCUT2D eigenvalue weighted by atomic mass is 10.4. The molecule has 106 valence electrons. The number of thioether (sulfide) groups is 1. The zero-order chi connectivity index (χ0) is 14.6. The number of rotatable bonds is 4. The smallest absolute Gasteiger partial charge is 0.322 e. The number of anilines is 1. The van der Waals surface area contributed by atoms with Crippen molar-refractivity contribution >= 4 is 23.4 Å². The maximum absolute atomic E-state index is 12.0. The third-order valence-corrected chi connectivity index (χ3v) is 2.88. The number of halogens is 3. The zero-order valence-electron chi connectivity index (χ0n) is 9.96. The van der Waals surface area contributed by atoms with E-state index in [9.17, 15) is 18.0 Å². The number of hydrogen-bond acceptors (Lipinski definition) is 4. The molecule has 0 aliphatic carbocycles. The maximum atomic E-state index is 12.0. The lowest BCUT2D eigenvalue weighted by Gasteiger charge is -2.10. The molecule has 0 saturated heterocycles. The molecule has 0 fully saturated rings. The SMILES string of the molecule is O=C(CSC(F)(F)F)Nc1cccnc1-n1cccn1. The van der Waals surface area contributed by atoms with Crippen molar-refractivity contribution in [2.45, 2.75) is 5.51 Å². The molecule has 2 rings (SSSR count). The second kappa shape index (κ2) is 5.95. The van der Waals surface area contributed by atoms with Gasteiger partial charge in [0.1, 0.15) is 0 Å². The van der Waals surface area contributed by atoms with E-state index in [0.29, 0.717) is 11.5 Å². The van der Waals surface area contributed by atoms with E-state index in [1.807, 2.05) is 0 Å². The highest BCUT2D eigenvalue weighted by Crippen LogP contribution is 2.30. The highest BCUT2D eigenvalue weighted by Gasteiger charge is 2.29. The second-order valence-electron chi connectivity index (χ2n) is 3.61. The number of carbonyl (C=O) groups excluding carboxylic acids is 1. The van der Waals surface area contributed by atoms with Crippen LogP contribution in [0.4, 0.5) is 18.9 Å². The van der Waals surface area contributed by atoms with Crippen LogP contribution in [-0.4, -0.2) is 31.9 Å². The van der Waals surface area contributed by atoms with Gasteiger partial charge in [0.2, 0.25) is 5.91 Å². The molecule has 5 nitrogen and oxygen atoms in total. The Morgan fingerprint density at radius 2 is 2.15 bits per heavy atom. The summed E-state index contributed by atoms with van der Waals surface area (Å²) in [6.07, 6.45) is 4.64. The molecule has 0 aromatic carbocycles. The number of carbonyl (C=O) groups is 1. The summed E-state index contributed by atoms with van der Waals surface area (Å²) in [5.41, 5.74) is -4.14. The molecule has 0 aliphatic heterocycles. The van der Waals surface area contributed by atoms with E-state index >= 15 is 0 Å². The van der Waals surface area contributed by atoms with Crippen molar-refractivity contribution in [3.05, 3.63) is 36.8 Å². The van der Waals surface area contributed by atoms with Gasteiger partial charge < -0.3 is 5.32 Å². The van der Waals surface area contributed by atoms with E-state index in [0.717, 1.165) is 0 Å². The van der Waals surface area contributed by atoms with Crippen LogP contribution in [0.5, 0.6) is 0 Å². The van der Waals surface area contributed by atoms with Crippen LogP contribution in [0, 0.1) is 0 Å². The molecule has 20 heavy (non-hydrogen) atoms. The molecule has 0 spiro atoms. The number of nitrogens with one attached hydrogen (secondary N) is 1. The fourth-order valence-electron chi connectivity index (χ4n) is 1.40. The topological polar surface area (TPSA) is 59.8 Å². The van der Waals surface area contributed by atoms with Crippen LogP contribution in [0.25, 0.3) is 5.82 Å². The minimum absolute atomic E-state index is 0.295. The first-order valence-corrected chi connectivity index (χ1v) is 6.40. The largest absolute Gasteiger partial charge is 0.442 e. The predicted molar refractivity (Wildman–Crippen MR) is 68.5 cm³/mol. The molecule has 1 N–H and O–H groups in total. The van der Waals surface area contributed by atoms with Crippen molar-refractivity contribution in [2.24, 2.45) is 0 Å². The molecule has 0 unspecified atom stereocenters. The minimum atomic E-state index is -4.43. The number of alkyl halides is 3. The van der Waals surface area contributed by atoms with Crippen LogP contribution in [0.1, 0.15) is 0 Å². The van der Waals surface area contributed by atoms with Gasteiger partial charge in [-0.2, -0.15) is 18.3 Å². The van der Waals surface area contributed by atoms with Crippen LogP contribution >= 0.6 is 11.8 Å². The van der Waals surface area contributed by atoms with E-state index in [1.165, 1.54) is 17.1 Å². The Bertz CT molecular complexity index is 586. The van der Waals surface area contributed by atoms with Crippen LogP contribution in [0.2, 0.25) is 0 Å². The number of hydrogen-bond donors (Lipinski definition) is 1. The molecule has 2 heterocycles. The van der Waals surface area contributed by atoms with E-state index in [4.69, 9.17) is 0 Å². The Kier molecular flexibility index (Phi) is 4.28. The Labute approximate surface area is 116 Å². The molecule has 9 heteroatoms. The van der Waals surface area contributed by atoms with Crippen molar-refractivity contribution in [3.63, 3.8) is 0 Å². The van der Waals surface area contributed by atoms with Gasteiger partial charge in [0.15, 0.2) is 5.82 Å². The van der Waals surface area contributed by atoms with Gasteiger partial charge in [0.05, 0.1) is 11.4 Å². The highest BCUT2D eigenvalue weighted by atomic mass is 32.2. The average molecular weight is 302 g/mol. The first kappa shape index (κ1) is 14.4. The first-order valence-electron chi connectivity index (χ1n) is 5.41. The minimum Gasteiger partial charge on any atom is -0.322 e. The molecule has 0 aliphatic rings. The van der Waals surface area contributed by atoms with E-state index in [2.05, 4.69) is 15.4 Å². The van der Waals surface area contributed by atoms with Crippen molar-refractivity contribution in [1.29, 1.82) is 0 Å². The van der Waals surface area contributed by atoms with Crippen molar-refractivity contribution in [3.8, 4) is 5.82 Å². The molecule has 0 radical (unpaired) electrons. The van der Waals surface area contributed by atoms with Crippen molar-refractivity contribution in [2.75, 3.05) is 11.1 Å². The van der Waals surface area contributed by atoms with Crippen molar-refractivity contribution in [1.82, 2.24) is 14.8 Å². The Morgan fingerprint density at radius 1 is 1.35 bits per heavy atom. The van der Waals surface area contributed by atoms with Gasteiger partial charge in [0.25, 0.3) is 0 Å². The molecule has 2 aromatic heterocycles. The average Bonchev–Trinajstić information content (AvgIpc) is 2.90. The van der Waals surface area contributed by atoms with Crippen LogP contribution < -0.4 is 5.32 Å². The monoisotopic (exact) mass is 302 g/mol. The van der Waals surface area contributed by atoms with Gasteiger partial charge in [-0.1, -0.05) is 0 Å². The molecular formula is C11H9F3N4OS. The second-order valence-corrected chi connectivity index (χ2v) is 4.65. The Hall–Kier alpha value is -2.03. The first-order chi connectivity index (χ1) is 9.46. The van der Waals surface area contributed by atoms with Crippen LogP contribution in [-0.2, 0) is 4.79 Å². The van der Waals surface area contributed by atoms with Crippen LogP contribution in [0.15, 0.2) is 36.8 Å². The van der Waals surface area contributed by atoms with E-state index in [1.54, 1.807) is 24.4 Å². The van der Waals surface area contributed by atoms with Gasteiger partial charge in [-0.15, -0.1) is 0 Å². The molecule has 0 bridgehead atoms. The molecular weight excluding hydrogens is 293 g/mol. The summed E-state index contributed by atoms with van der Waals surface area (Å²) < 4.78 is 37.5. The molecule has 2 aromatic rings. The summed E-state index contributed by atoms with van der Waals surface area (Å²) >= 11 is -0.391. The summed E-state index contributed by atoms with van der Waals surface area (Å²) in [5.74, 6) is -1.13. The number of amides is 1. The fraction of sp³-hybridized carbons (Fsp3) is 0.182. The van der Waals surface area contributed by atoms with E-state index in [-0.39, 0.29) is 0 Å².